The molecule has 0 aliphatic rings. The van der Waals surface area contributed by atoms with Gasteiger partial charge in [-0.3, -0.25) is 0 Å². The minimum Gasteiger partial charge on any atom is -0.508 e. The lowest BCUT2D eigenvalue weighted by Gasteiger charge is -1.96. The zero-order chi connectivity index (χ0) is 7.40. The van der Waals surface area contributed by atoms with Crippen molar-refractivity contribution >= 4 is 7.28 Å². The van der Waals surface area contributed by atoms with Crippen molar-refractivity contribution < 1.29 is 5.11 Å². The normalized spacial score (nSPS) is 9.30. The molecule has 1 aromatic rings. The van der Waals surface area contributed by atoms with Crippen LogP contribution in [0.3, 0.4) is 0 Å². The first kappa shape index (κ1) is 7.20. The topological polar surface area (TPSA) is 20.2 Å². The predicted molar refractivity (Wildman–Crippen MR) is 43.4 cm³/mol. The molecular weight excluding hydrogens is 123 g/mol. The molecule has 0 aromatic heterocycles. The molecule has 0 bridgehead atoms. The summed E-state index contributed by atoms with van der Waals surface area (Å²) in [5.41, 5.74) is 1.24. The molecule has 0 saturated heterocycles. The summed E-state index contributed by atoms with van der Waals surface area (Å²) in [4.78, 5) is 0. The van der Waals surface area contributed by atoms with Crippen LogP contribution in [0, 0.1) is 0 Å². The predicted octanol–water partition coefficient (Wildman–Crippen LogP) is 1.64. The van der Waals surface area contributed by atoms with Gasteiger partial charge in [-0.1, -0.05) is 30.8 Å². The summed E-state index contributed by atoms with van der Waals surface area (Å²) < 4.78 is 0. The van der Waals surface area contributed by atoms with Crippen molar-refractivity contribution in [3.8, 4) is 5.75 Å². The van der Waals surface area contributed by atoms with E-state index in [9.17, 15) is 0 Å². The van der Waals surface area contributed by atoms with Gasteiger partial charge in [-0.05, 0) is 12.1 Å². The first-order valence-electron chi connectivity index (χ1n) is 3.38. The van der Waals surface area contributed by atoms with E-state index in [-0.39, 0.29) is 0 Å². The Morgan fingerprint density at radius 3 is 2.40 bits per heavy atom. The average molecular weight is 133 g/mol. The average Bonchev–Trinajstić information content (AvgIpc) is 1.95. The van der Waals surface area contributed by atoms with Gasteiger partial charge in [-0.2, -0.15) is 0 Å². The van der Waals surface area contributed by atoms with Crippen molar-refractivity contribution in [3.63, 3.8) is 0 Å². The minimum absolute atomic E-state index is 0.333. The highest BCUT2D eigenvalue weighted by Crippen LogP contribution is 2.09. The molecule has 0 spiro atoms. The van der Waals surface area contributed by atoms with Crippen molar-refractivity contribution in [3.05, 3.63) is 29.8 Å². The van der Waals surface area contributed by atoms with Crippen LogP contribution in [-0.2, 0) is 6.32 Å². The summed E-state index contributed by atoms with van der Waals surface area (Å²) in [5, 5.41) is 8.91. The van der Waals surface area contributed by atoms with Gasteiger partial charge in [0.25, 0.3) is 0 Å². The molecule has 0 aliphatic heterocycles. The van der Waals surface area contributed by atoms with Gasteiger partial charge < -0.3 is 5.11 Å². The van der Waals surface area contributed by atoms with E-state index in [4.69, 9.17) is 5.11 Å². The van der Waals surface area contributed by atoms with Crippen molar-refractivity contribution in [1.29, 1.82) is 0 Å². The van der Waals surface area contributed by atoms with Gasteiger partial charge in [0.05, 0.1) is 0 Å². The van der Waals surface area contributed by atoms with Crippen molar-refractivity contribution in [2.75, 3.05) is 0 Å². The molecule has 0 amide bonds. The van der Waals surface area contributed by atoms with Crippen LogP contribution in [0.5, 0.6) is 5.75 Å². The lowest BCUT2D eigenvalue weighted by molar-refractivity contribution is 0.475. The second-order valence-electron chi connectivity index (χ2n) is 2.28. The molecule has 51 valence electrons. The molecule has 0 saturated carbocycles. The van der Waals surface area contributed by atoms with Crippen molar-refractivity contribution in [2.24, 2.45) is 0 Å². The van der Waals surface area contributed by atoms with Crippen LogP contribution in [0.15, 0.2) is 24.3 Å². The van der Waals surface area contributed by atoms with E-state index < -0.39 is 0 Å². The third-order valence-corrected chi connectivity index (χ3v) is 1.38. The van der Waals surface area contributed by atoms with Crippen LogP contribution in [0.1, 0.15) is 5.56 Å². The van der Waals surface area contributed by atoms with Crippen LogP contribution in [0.2, 0.25) is 6.82 Å². The third-order valence-electron chi connectivity index (χ3n) is 1.38. The number of aromatic hydroxyl groups is 1. The zero-order valence-electron chi connectivity index (χ0n) is 6.04. The monoisotopic (exact) mass is 133 g/mol. The summed E-state index contributed by atoms with van der Waals surface area (Å²) in [6, 6.07) is 7.27. The van der Waals surface area contributed by atoms with E-state index in [2.05, 4.69) is 7.28 Å². The van der Waals surface area contributed by atoms with Crippen molar-refractivity contribution in [1.82, 2.24) is 0 Å². The van der Waals surface area contributed by atoms with E-state index in [0.717, 1.165) is 6.32 Å². The van der Waals surface area contributed by atoms with Crippen molar-refractivity contribution in [2.45, 2.75) is 13.1 Å². The van der Waals surface area contributed by atoms with Crippen LogP contribution >= 0.6 is 0 Å². The van der Waals surface area contributed by atoms with Crippen LogP contribution < -0.4 is 0 Å². The van der Waals surface area contributed by atoms with Crippen LogP contribution in [0.4, 0.5) is 0 Å². The summed E-state index contributed by atoms with van der Waals surface area (Å²) >= 11 is 0. The maximum atomic E-state index is 8.91. The largest absolute Gasteiger partial charge is 0.508 e. The fourth-order valence-electron chi connectivity index (χ4n) is 0.868. The quantitative estimate of drug-likeness (QED) is 0.608. The first-order valence-corrected chi connectivity index (χ1v) is 3.38. The molecule has 10 heavy (non-hydrogen) atoms. The van der Waals surface area contributed by atoms with Gasteiger partial charge in [0.1, 0.15) is 13.0 Å². The van der Waals surface area contributed by atoms with E-state index in [1.807, 2.05) is 19.0 Å². The molecule has 1 nitrogen and oxygen atoms in total. The van der Waals surface area contributed by atoms with Crippen LogP contribution in [-0.4, -0.2) is 12.4 Å². The number of benzene rings is 1. The van der Waals surface area contributed by atoms with Gasteiger partial charge in [0.15, 0.2) is 0 Å². The summed E-state index contributed by atoms with van der Waals surface area (Å²) in [6.45, 7) is 2.02. The smallest absolute Gasteiger partial charge is 0.115 e. The Balaban J connectivity index is 2.69. The Kier molecular flexibility index (Phi) is 2.38. The summed E-state index contributed by atoms with van der Waals surface area (Å²) in [5.74, 6) is 0.333. The Labute approximate surface area is 61.9 Å². The van der Waals surface area contributed by atoms with Crippen LogP contribution in [0.25, 0.3) is 0 Å². The molecule has 2 heteroatoms. The third kappa shape index (κ3) is 1.80. The standard InChI is InChI=1S/C8H10BO/c1-9-6-7-2-4-8(10)5-3-7/h2-5,10H,6H2,1H3. The maximum absolute atomic E-state index is 8.91. The number of hydrogen-bond acceptors (Lipinski definition) is 1. The number of phenolic OH excluding ortho intramolecular Hbond substituents is 1. The fourth-order valence-corrected chi connectivity index (χ4v) is 0.868. The molecule has 0 fully saturated rings. The van der Waals surface area contributed by atoms with Gasteiger partial charge in [0.2, 0.25) is 0 Å². The molecule has 1 rings (SSSR count). The molecule has 0 heterocycles. The van der Waals surface area contributed by atoms with Gasteiger partial charge in [0, 0.05) is 0 Å². The molecule has 0 atom stereocenters. The van der Waals surface area contributed by atoms with E-state index in [1.54, 1.807) is 12.1 Å². The number of hydrogen-bond donors (Lipinski definition) is 1. The highest BCUT2D eigenvalue weighted by atomic mass is 16.3. The summed E-state index contributed by atoms with van der Waals surface area (Å²) in [7, 11) is 2.09. The molecule has 0 unspecified atom stereocenters. The highest BCUT2D eigenvalue weighted by Gasteiger charge is 1.90. The second-order valence-corrected chi connectivity index (χ2v) is 2.28. The fraction of sp³-hybridized carbons (Fsp3) is 0.250. The first-order chi connectivity index (χ1) is 4.83. The Hall–Kier alpha value is -0.915. The van der Waals surface area contributed by atoms with Gasteiger partial charge in [-0.15, -0.1) is 0 Å². The van der Waals surface area contributed by atoms with E-state index >= 15 is 0 Å². The Morgan fingerprint density at radius 2 is 1.90 bits per heavy atom. The SMILES string of the molecule is C[B]Cc1ccc(O)cc1. The van der Waals surface area contributed by atoms with E-state index in [1.165, 1.54) is 5.56 Å². The maximum Gasteiger partial charge on any atom is 0.115 e. The minimum atomic E-state index is 0.333. The molecular formula is C8H10BO. The number of rotatable bonds is 2. The van der Waals surface area contributed by atoms with E-state index in [0.29, 0.717) is 5.75 Å². The highest BCUT2D eigenvalue weighted by molar-refractivity contribution is 6.32. The Morgan fingerprint density at radius 1 is 1.30 bits per heavy atom. The molecule has 0 aliphatic carbocycles. The second kappa shape index (κ2) is 3.30. The lowest BCUT2D eigenvalue weighted by Crippen LogP contribution is -1.89. The lowest BCUT2D eigenvalue weighted by atomic mass is 9.75. The van der Waals surface area contributed by atoms with Gasteiger partial charge >= 0.3 is 0 Å². The number of phenols is 1. The Bertz CT molecular complexity index is 193. The summed E-state index contributed by atoms with van der Waals surface area (Å²) in [6.07, 6.45) is 0.972. The molecule has 1 radical (unpaired) electrons. The molecule has 1 aromatic carbocycles. The van der Waals surface area contributed by atoms with Gasteiger partial charge in [-0.25, -0.2) is 0 Å². The zero-order valence-corrected chi connectivity index (χ0v) is 6.04. The molecule has 1 N–H and O–H groups in total.